The van der Waals surface area contributed by atoms with E-state index in [2.05, 4.69) is 21.3 Å². The van der Waals surface area contributed by atoms with Crippen LogP contribution in [0.3, 0.4) is 0 Å². The van der Waals surface area contributed by atoms with Crippen molar-refractivity contribution in [1.82, 2.24) is 10.0 Å². The highest BCUT2D eigenvalue weighted by Crippen LogP contribution is 2.22. The van der Waals surface area contributed by atoms with E-state index in [4.69, 9.17) is 6.42 Å². The van der Waals surface area contributed by atoms with E-state index in [0.717, 1.165) is 0 Å². The molecule has 0 fully saturated rings. The minimum Gasteiger partial charge on any atom is -0.378 e. The smallest absolute Gasteiger partial charge is 0.292 e. The van der Waals surface area contributed by atoms with Crippen molar-refractivity contribution in [2.75, 3.05) is 25.0 Å². The Labute approximate surface area is 162 Å². The molecule has 28 heavy (non-hydrogen) atoms. The van der Waals surface area contributed by atoms with Gasteiger partial charge in [-0.05, 0) is 24.3 Å². The van der Waals surface area contributed by atoms with E-state index in [1.54, 1.807) is 18.2 Å². The maximum atomic E-state index is 12.2. The number of hydrogen-bond acceptors (Lipinski definition) is 6. The van der Waals surface area contributed by atoms with E-state index in [1.807, 2.05) is 0 Å². The predicted octanol–water partition coefficient (Wildman–Crippen LogP) is 1.35. The lowest BCUT2D eigenvalue weighted by Crippen LogP contribution is -2.29. The standard InChI is InChI=1S/C18H18N4O5S/c1-2-10-21-28(26,27)15-7-5-6-14(13-15)18(23)20-12-11-19-16-8-3-4-9-17(16)22(24)25/h1,3-9,13,19,21H,10-12H2,(H,20,23). The molecule has 0 aromatic heterocycles. The monoisotopic (exact) mass is 402 g/mol. The van der Waals surface area contributed by atoms with Gasteiger partial charge < -0.3 is 10.6 Å². The summed E-state index contributed by atoms with van der Waals surface area (Å²) < 4.78 is 26.3. The number of nitro benzene ring substituents is 1. The molecule has 9 nitrogen and oxygen atoms in total. The number of nitro groups is 1. The van der Waals surface area contributed by atoms with Gasteiger partial charge in [0.1, 0.15) is 5.69 Å². The normalized spacial score (nSPS) is 10.7. The summed E-state index contributed by atoms with van der Waals surface area (Å²) in [6.45, 7) is 0.269. The van der Waals surface area contributed by atoms with Crippen molar-refractivity contribution in [3.05, 3.63) is 64.2 Å². The number of carbonyl (C=O) groups is 1. The molecule has 2 aromatic carbocycles. The van der Waals surface area contributed by atoms with Gasteiger partial charge >= 0.3 is 0 Å². The molecule has 2 aromatic rings. The molecule has 0 heterocycles. The number of benzene rings is 2. The van der Waals surface area contributed by atoms with Gasteiger partial charge in [-0.2, -0.15) is 4.72 Å². The summed E-state index contributed by atoms with van der Waals surface area (Å²) >= 11 is 0. The number of rotatable bonds is 9. The fourth-order valence-electron chi connectivity index (χ4n) is 2.28. The predicted molar refractivity (Wildman–Crippen MR) is 104 cm³/mol. The first-order chi connectivity index (χ1) is 13.3. The number of anilines is 1. The van der Waals surface area contributed by atoms with Crippen molar-refractivity contribution in [3.8, 4) is 12.3 Å². The van der Waals surface area contributed by atoms with Crippen LogP contribution in [0.25, 0.3) is 0 Å². The maximum absolute atomic E-state index is 12.2. The number of para-hydroxylation sites is 2. The molecule has 0 spiro atoms. The van der Waals surface area contributed by atoms with Gasteiger partial charge in [0, 0.05) is 24.7 Å². The topological polar surface area (TPSA) is 130 Å². The Morgan fingerprint density at radius 2 is 1.89 bits per heavy atom. The first-order valence-corrected chi connectivity index (χ1v) is 9.62. The van der Waals surface area contributed by atoms with Crippen LogP contribution >= 0.6 is 0 Å². The Morgan fingerprint density at radius 1 is 1.14 bits per heavy atom. The summed E-state index contributed by atoms with van der Waals surface area (Å²) in [5.41, 5.74) is 0.440. The van der Waals surface area contributed by atoms with Crippen LogP contribution in [0.4, 0.5) is 11.4 Å². The van der Waals surface area contributed by atoms with Gasteiger partial charge in [0.25, 0.3) is 11.6 Å². The van der Waals surface area contributed by atoms with Crippen LogP contribution in [-0.4, -0.2) is 38.9 Å². The fourth-order valence-corrected chi connectivity index (χ4v) is 3.26. The van der Waals surface area contributed by atoms with Crippen LogP contribution in [0.1, 0.15) is 10.4 Å². The second-order valence-electron chi connectivity index (χ2n) is 5.51. The molecule has 0 bridgehead atoms. The van der Waals surface area contributed by atoms with Gasteiger partial charge in [0.05, 0.1) is 16.4 Å². The van der Waals surface area contributed by atoms with Gasteiger partial charge in [-0.15, -0.1) is 6.42 Å². The van der Waals surface area contributed by atoms with Crippen molar-refractivity contribution in [2.24, 2.45) is 0 Å². The van der Waals surface area contributed by atoms with Crippen molar-refractivity contribution in [1.29, 1.82) is 0 Å². The third kappa shape index (κ3) is 5.54. The lowest BCUT2D eigenvalue weighted by atomic mass is 10.2. The molecule has 0 unspecified atom stereocenters. The zero-order valence-corrected chi connectivity index (χ0v) is 15.5. The quantitative estimate of drug-likeness (QED) is 0.251. The van der Waals surface area contributed by atoms with E-state index in [0.29, 0.717) is 5.69 Å². The molecule has 0 saturated carbocycles. The molecule has 0 atom stereocenters. The molecule has 0 aliphatic heterocycles. The van der Waals surface area contributed by atoms with E-state index in [1.165, 1.54) is 30.3 Å². The van der Waals surface area contributed by atoms with Crippen LogP contribution in [0.5, 0.6) is 0 Å². The summed E-state index contributed by atoms with van der Waals surface area (Å²) in [5, 5.41) is 16.5. The molecule has 2 rings (SSSR count). The molecule has 0 aliphatic carbocycles. The van der Waals surface area contributed by atoms with Gasteiger partial charge in [0.15, 0.2) is 0 Å². The van der Waals surface area contributed by atoms with Gasteiger partial charge in [-0.3, -0.25) is 14.9 Å². The molecule has 3 N–H and O–H groups in total. The van der Waals surface area contributed by atoms with Crippen molar-refractivity contribution >= 4 is 27.3 Å². The minimum atomic E-state index is -3.80. The average molecular weight is 402 g/mol. The van der Waals surface area contributed by atoms with Gasteiger partial charge in [0.2, 0.25) is 10.0 Å². The Hall–Kier alpha value is -3.42. The Balaban J connectivity index is 1.95. The van der Waals surface area contributed by atoms with Crippen LogP contribution in [-0.2, 0) is 10.0 Å². The molecular formula is C18H18N4O5S. The minimum absolute atomic E-state index is 0.0637. The highest BCUT2D eigenvalue weighted by atomic mass is 32.2. The first-order valence-electron chi connectivity index (χ1n) is 8.14. The summed E-state index contributed by atoms with van der Waals surface area (Å²) in [6, 6.07) is 11.7. The molecule has 0 aliphatic rings. The molecular weight excluding hydrogens is 384 g/mol. The van der Waals surface area contributed by atoms with Crippen LogP contribution in [0.15, 0.2) is 53.4 Å². The summed E-state index contributed by atoms with van der Waals surface area (Å²) in [6.07, 6.45) is 5.04. The lowest BCUT2D eigenvalue weighted by molar-refractivity contribution is -0.384. The van der Waals surface area contributed by atoms with E-state index in [-0.39, 0.29) is 35.8 Å². The van der Waals surface area contributed by atoms with Gasteiger partial charge in [-0.25, -0.2) is 8.42 Å². The highest BCUT2D eigenvalue weighted by Gasteiger charge is 2.16. The number of nitrogens with one attached hydrogen (secondary N) is 3. The Bertz CT molecular complexity index is 1010. The molecule has 1 amide bonds. The number of nitrogens with zero attached hydrogens (tertiary/aromatic N) is 1. The van der Waals surface area contributed by atoms with Crippen molar-refractivity contribution in [2.45, 2.75) is 4.90 Å². The second kappa shape index (κ2) is 9.50. The fraction of sp³-hybridized carbons (Fsp3) is 0.167. The Morgan fingerprint density at radius 3 is 2.61 bits per heavy atom. The number of carbonyl (C=O) groups excluding carboxylic acids is 1. The van der Waals surface area contributed by atoms with Crippen molar-refractivity contribution < 1.29 is 18.1 Å². The lowest BCUT2D eigenvalue weighted by Gasteiger charge is -2.09. The zero-order valence-electron chi connectivity index (χ0n) is 14.7. The molecule has 0 saturated heterocycles. The maximum Gasteiger partial charge on any atom is 0.292 e. The molecule has 10 heteroatoms. The summed E-state index contributed by atoms with van der Waals surface area (Å²) in [7, 11) is -3.80. The largest absolute Gasteiger partial charge is 0.378 e. The van der Waals surface area contributed by atoms with E-state index >= 15 is 0 Å². The third-order valence-corrected chi connectivity index (χ3v) is 5.00. The first kappa shape index (κ1) is 20.9. The average Bonchev–Trinajstić information content (AvgIpc) is 2.69. The molecule has 0 radical (unpaired) electrons. The van der Waals surface area contributed by atoms with Crippen LogP contribution < -0.4 is 15.4 Å². The van der Waals surface area contributed by atoms with E-state index < -0.39 is 20.9 Å². The zero-order chi connectivity index (χ0) is 20.6. The van der Waals surface area contributed by atoms with Crippen LogP contribution in [0.2, 0.25) is 0 Å². The van der Waals surface area contributed by atoms with Crippen LogP contribution in [0, 0.1) is 22.5 Å². The van der Waals surface area contributed by atoms with Crippen molar-refractivity contribution in [3.63, 3.8) is 0 Å². The third-order valence-electron chi connectivity index (χ3n) is 3.60. The summed E-state index contributed by atoms with van der Waals surface area (Å²) in [5.74, 6) is 1.70. The summed E-state index contributed by atoms with van der Waals surface area (Å²) in [4.78, 5) is 22.6. The van der Waals surface area contributed by atoms with Gasteiger partial charge in [-0.1, -0.05) is 24.1 Å². The molecule has 146 valence electrons. The highest BCUT2D eigenvalue weighted by molar-refractivity contribution is 7.89. The second-order valence-corrected chi connectivity index (χ2v) is 7.28. The number of terminal acetylenes is 1. The van der Waals surface area contributed by atoms with E-state index in [9.17, 15) is 23.3 Å². The number of hydrogen-bond donors (Lipinski definition) is 3. The Kier molecular flexibility index (Phi) is 7.08. The number of sulfonamides is 1. The SMILES string of the molecule is C#CCNS(=O)(=O)c1cccc(C(=O)NCCNc2ccccc2[N+](=O)[O-])c1. The number of amides is 1.